The summed E-state index contributed by atoms with van der Waals surface area (Å²) < 4.78 is 0. The molecule has 4 rings (SSSR count). The average Bonchev–Trinajstić information content (AvgIpc) is 3.28. The predicted octanol–water partition coefficient (Wildman–Crippen LogP) is 3.17. The van der Waals surface area contributed by atoms with Crippen molar-refractivity contribution in [3.05, 3.63) is 59.9 Å². The molecule has 0 saturated heterocycles. The van der Waals surface area contributed by atoms with E-state index in [-0.39, 0.29) is 48.6 Å². The number of halogens is 2. The molecule has 8 heteroatoms. The second-order valence-corrected chi connectivity index (χ2v) is 7.54. The van der Waals surface area contributed by atoms with E-state index in [2.05, 4.69) is 15.6 Å². The average molecular weight is 437 g/mol. The standard InChI is InChI=1S/C21H24N4O2.2ClH/c22-19-16-6-5-15(11-16)18(19)21(27)24-12-13-1-3-14(4-2-13)20(26)25-17-7-9-23-10-8-17;;/h1-4,7-10,15-16,18-19H,5-6,11-12,22H2,(H,24,27)(H,23,25,26);2*1H. The second-order valence-electron chi connectivity index (χ2n) is 7.54. The summed E-state index contributed by atoms with van der Waals surface area (Å²) in [6, 6.07) is 10.7. The Kier molecular flexibility index (Phi) is 8.02. The summed E-state index contributed by atoms with van der Waals surface area (Å²) in [5.74, 6) is 0.807. The van der Waals surface area contributed by atoms with Gasteiger partial charge in [-0.1, -0.05) is 12.1 Å². The number of fused-ring (bicyclic) bond motifs is 2. The van der Waals surface area contributed by atoms with Gasteiger partial charge in [-0.05, 0) is 60.9 Å². The summed E-state index contributed by atoms with van der Waals surface area (Å²) in [6.07, 6.45) is 6.64. The number of pyridine rings is 1. The van der Waals surface area contributed by atoms with Gasteiger partial charge in [0.1, 0.15) is 0 Å². The number of carbonyl (C=O) groups excluding carboxylic acids is 2. The van der Waals surface area contributed by atoms with E-state index in [1.807, 2.05) is 12.1 Å². The first-order valence-corrected chi connectivity index (χ1v) is 9.45. The zero-order valence-electron chi connectivity index (χ0n) is 15.9. The Morgan fingerprint density at radius 1 is 1.00 bits per heavy atom. The Hall–Kier alpha value is -2.15. The van der Waals surface area contributed by atoms with Crippen molar-refractivity contribution in [1.29, 1.82) is 0 Å². The van der Waals surface area contributed by atoms with Gasteiger partial charge in [-0.3, -0.25) is 14.6 Å². The Balaban J connectivity index is 0.00000150. The van der Waals surface area contributed by atoms with Gasteiger partial charge in [0.15, 0.2) is 0 Å². The van der Waals surface area contributed by atoms with Crippen LogP contribution in [0.1, 0.15) is 35.2 Å². The molecule has 0 spiro atoms. The number of aromatic nitrogens is 1. The number of benzene rings is 1. The Morgan fingerprint density at radius 3 is 2.28 bits per heavy atom. The number of nitrogens with two attached hydrogens (primary N) is 1. The first-order chi connectivity index (χ1) is 13.1. The van der Waals surface area contributed by atoms with Gasteiger partial charge in [-0.2, -0.15) is 0 Å². The minimum absolute atomic E-state index is 0. The third-order valence-corrected chi connectivity index (χ3v) is 5.90. The Morgan fingerprint density at radius 2 is 1.66 bits per heavy atom. The van der Waals surface area contributed by atoms with Crippen molar-refractivity contribution in [2.45, 2.75) is 31.8 Å². The highest BCUT2D eigenvalue weighted by atomic mass is 35.5. The van der Waals surface area contributed by atoms with Crippen LogP contribution in [0.4, 0.5) is 5.69 Å². The van der Waals surface area contributed by atoms with Crippen LogP contribution in [-0.4, -0.2) is 22.8 Å². The lowest BCUT2D eigenvalue weighted by Crippen LogP contribution is -2.45. The van der Waals surface area contributed by atoms with E-state index in [9.17, 15) is 9.59 Å². The molecule has 2 bridgehead atoms. The van der Waals surface area contributed by atoms with Crippen LogP contribution in [0.25, 0.3) is 0 Å². The molecule has 2 aliphatic rings. The van der Waals surface area contributed by atoms with Crippen molar-refractivity contribution in [2.75, 3.05) is 5.32 Å². The van der Waals surface area contributed by atoms with Gasteiger partial charge in [-0.15, -0.1) is 24.8 Å². The van der Waals surface area contributed by atoms with Crippen molar-refractivity contribution in [3.8, 4) is 0 Å². The van der Waals surface area contributed by atoms with E-state index in [1.165, 1.54) is 6.42 Å². The van der Waals surface area contributed by atoms with Gasteiger partial charge in [-0.25, -0.2) is 0 Å². The maximum absolute atomic E-state index is 12.5. The molecule has 2 aliphatic carbocycles. The fourth-order valence-electron chi connectivity index (χ4n) is 4.44. The summed E-state index contributed by atoms with van der Waals surface area (Å²) in [5, 5.41) is 5.84. The summed E-state index contributed by atoms with van der Waals surface area (Å²) in [5.41, 5.74) is 8.47. The van der Waals surface area contributed by atoms with Crippen molar-refractivity contribution < 1.29 is 9.59 Å². The predicted molar refractivity (Wildman–Crippen MR) is 117 cm³/mol. The van der Waals surface area contributed by atoms with Crippen LogP contribution in [0.3, 0.4) is 0 Å². The topological polar surface area (TPSA) is 97.1 Å². The van der Waals surface area contributed by atoms with Crippen LogP contribution in [0.2, 0.25) is 0 Å². The fourth-order valence-corrected chi connectivity index (χ4v) is 4.44. The lowest BCUT2D eigenvalue weighted by atomic mass is 9.84. The maximum atomic E-state index is 12.5. The normalized spacial score (nSPS) is 24.2. The number of anilines is 1. The quantitative estimate of drug-likeness (QED) is 0.670. The van der Waals surface area contributed by atoms with E-state index in [0.29, 0.717) is 29.6 Å². The molecule has 2 fully saturated rings. The van der Waals surface area contributed by atoms with E-state index < -0.39 is 0 Å². The zero-order chi connectivity index (χ0) is 18.8. The SMILES string of the molecule is Cl.Cl.NC1C2CCC(C2)C1C(=O)NCc1ccc(C(=O)Nc2ccncc2)cc1. The molecular weight excluding hydrogens is 411 g/mol. The number of amides is 2. The highest BCUT2D eigenvalue weighted by Crippen LogP contribution is 2.47. The minimum atomic E-state index is -0.176. The van der Waals surface area contributed by atoms with Crippen molar-refractivity contribution >= 4 is 42.3 Å². The summed E-state index contributed by atoms with van der Waals surface area (Å²) >= 11 is 0. The molecule has 1 heterocycles. The molecule has 29 heavy (non-hydrogen) atoms. The molecule has 156 valence electrons. The van der Waals surface area contributed by atoms with Crippen molar-refractivity contribution in [3.63, 3.8) is 0 Å². The summed E-state index contributed by atoms with van der Waals surface area (Å²) in [6.45, 7) is 0.450. The molecule has 4 N–H and O–H groups in total. The lowest BCUT2D eigenvalue weighted by molar-refractivity contribution is -0.127. The molecule has 4 atom stereocenters. The van der Waals surface area contributed by atoms with Crippen LogP contribution >= 0.6 is 24.8 Å². The summed E-state index contributed by atoms with van der Waals surface area (Å²) in [4.78, 5) is 28.7. The highest BCUT2D eigenvalue weighted by molar-refractivity contribution is 6.04. The van der Waals surface area contributed by atoms with Crippen molar-refractivity contribution in [2.24, 2.45) is 23.5 Å². The van der Waals surface area contributed by atoms with E-state index >= 15 is 0 Å². The first kappa shape index (κ1) is 23.1. The Labute approximate surface area is 182 Å². The van der Waals surface area contributed by atoms with E-state index in [4.69, 9.17) is 5.73 Å². The number of carbonyl (C=O) groups is 2. The number of hydrogen-bond acceptors (Lipinski definition) is 4. The van der Waals surface area contributed by atoms with Gasteiger partial charge in [0.05, 0.1) is 5.92 Å². The smallest absolute Gasteiger partial charge is 0.255 e. The molecule has 2 amide bonds. The van der Waals surface area contributed by atoms with Crippen LogP contribution in [0.15, 0.2) is 48.8 Å². The van der Waals surface area contributed by atoms with Gasteiger partial charge >= 0.3 is 0 Å². The van der Waals surface area contributed by atoms with Crippen LogP contribution in [0, 0.1) is 17.8 Å². The number of nitrogens with zero attached hydrogens (tertiary/aromatic N) is 1. The van der Waals surface area contributed by atoms with Gasteiger partial charge < -0.3 is 16.4 Å². The largest absolute Gasteiger partial charge is 0.352 e. The van der Waals surface area contributed by atoms with Crippen molar-refractivity contribution in [1.82, 2.24) is 10.3 Å². The third kappa shape index (κ3) is 5.07. The second kappa shape index (κ2) is 10.1. The van der Waals surface area contributed by atoms with Crippen LogP contribution in [0.5, 0.6) is 0 Å². The molecule has 0 radical (unpaired) electrons. The van der Waals surface area contributed by atoms with Crippen LogP contribution < -0.4 is 16.4 Å². The molecule has 4 unspecified atom stereocenters. The fraction of sp³-hybridized carbons (Fsp3) is 0.381. The number of nitrogens with one attached hydrogen (secondary N) is 2. The number of rotatable bonds is 5. The van der Waals surface area contributed by atoms with E-state index in [1.54, 1.807) is 36.7 Å². The molecule has 1 aromatic carbocycles. The Bertz CT molecular complexity index is 830. The van der Waals surface area contributed by atoms with E-state index in [0.717, 1.165) is 18.4 Å². The molecule has 2 aromatic rings. The minimum Gasteiger partial charge on any atom is -0.352 e. The maximum Gasteiger partial charge on any atom is 0.255 e. The molecule has 6 nitrogen and oxygen atoms in total. The number of hydrogen-bond donors (Lipinski definition) is 3. The molecule has 1 aromatic heterocycles. The monoisotopic (exact) mass is 436 g/mol. The first-order valence-electron chi connectivity index (χ1n) is 9.45. The highest BCUT2D eigenvalue weighted by Gasteiger charge is 2.48. The summed E-state index contributed by atoms with van der Waals surface area (Å²) in [7, 11) is 0. The van der Waals surface area contributed by atoms with Gasteiger partial charge in [0.25, 0.3) is 5.91 Å². The lowest BCUT2D eigenvalue weighted by Gasteiger charge is -2.27. The molecule has 2 saturated carbocycles. The van der Waals surface area contributed by atoms with Gasteiger partial charge in [0, 0.05) is 36.2 Å². The zero-order valence-corrected chi connectivity index (χ0v) is 17.5. The van der Waals surface area contributed by atoms with Gasteiger partial charge in [0.2, 0.25) is 5.91 Å². The third-order valence-electron chi connectivity index (χ3n) is 5.90. The molecular formula is C21H26Cl2N4O2. The van der Waals surface area contributed by atoms with Crippen LogP contribution in [-0.2, 0) is 11.3 Å². The molecule has 0 aliphatic heterocycles.